The van der Waals surface area contributed by atoms with Gasteiger partial charge in [0.2, 0.25) is 0 Å². The summed E-state index contributed by atoms with van der Waals surface area (Å²) in [4.78, 5) is 13.0. The van der Waals surface area contributed by atoms with Gasteiger partial charge >= 0.3 is 0 Å². The van der Waals surface area contributed by atoms with E-state index in [0.717, 1.165) is 36.8 Å². The number of nitriles is 1. The van der Waals surface area contributed by atoms with Crippen LogP contribution in [0.3, 0.4) is 0 Å². The first-order valence-corrected chi connectivity index (χ1v) is 9.67. The summed E-state index contributed by atoms with van der Waals surface area (Å²) < 4.78 is 7.75. The third-order valence-corrected chi connectivity index (χ3v) is 5.14. The Hall–Kier alpha value is -3.43. The second-order valence-electron chi connectivity index (χ2n) is 7.26. The molecule has 1 saturated heterocycles. The first-order valence-electron chi connectivity index (χ1n) is 9.67. The Morgan fingerprint density at radius 2 is 2.21 bits per heavy atom. The molecule has 0 radical (unpaired) electrons. The summed E-state index contributed by atoms with van der Waals surface area (Å²) in [5.74, 6) is -0.278. The van der Waals surface area contributed by atoms with Gasteiger partial charge in [0.15, 0.2) is 6.23 Å². The molecule has 1 unspecified atom stereocenters. The fourth-order valence-electron chi connectivity index (χ4n) is 3.75. The largest absolute Gasteiger partial charge is 0.356 e. The van der Waals surface area contributed by atoms with E-state index in [-0.39, 0.29) is 12.1 Å². The maximum absolute atomic E-state index is 13.0. The van der Waals surface area contributed by atoms with Gasteiger partial charge in [-0.1, -0.05) is 12.6 Å². The van der Waals surface area contributed by atoms with Gasteiger partial charge in [-0.25, -0.2) is 4.68 Å². The van der Waals surface area contributed by atoms with E-state index < -0.39 is 0 Å². The topological polar surface area (TPSA) is 79.9 Å². The van der Waals surface area contributed by atoms with Crippen LogP contribution in [0.5, 0.6) is 0 Å². The van der Waals surface area contributed by atoms with Crippen LogP contribution >= 0.6 is 0 Å². The number of ether oxygens (including phenoxy) is 1. The number of aromatic nitrogens is 2. The molecule has 0 aliphatic carbocycles. The van der Waals surface area contributed by atoms with Crippen molar-refractivity contribution in [3.8, 4) is 6.07 Å². The SMILES string of the molecule is C=C(C)c1c(C#N)cccc1C(=O)Nc1ccc2cnn(C3CCCCO3)c2c1. The molecule has 4 rings (SSSR count). The highest BCUT2D eigenvalue weighted by atomic mass is 16.5. The minimum atomic E-state index is -0.278. The lowest BCUT2D eigenvalue weighted by molar-refractivity contribution is -0.0366. The summed E-state index contributed by atoms with van der Waals surface area (Å²) >= 11 is 0. The predicted molar refractivity (Wildman–Crippen MR) is 112 cm³/mol. The Kier molecular flexibility index (Phi) is 5.15. The normalized spacial score (nSPS) is 16.3. The zero-order valence-corrected chi connectivity index (χ0v) is 16.3. The van der Waals surface area contributed by atoms with Gasteiger partial charge in [-0.3, -0.25) is 4.79 Å². The Morgan fingerprint density at radius 3 is 2.93 bits per heavy atom. The number of carbonyl (C=O) groups excluding carboxylic acids is 1. The fourth-order valence-corrected chi connectivity index (χ4v) is 3.75. The van der Waals surface area contributed by atoms with E-state index >= 15 is 0 Å². The standard InChI is InChI=1S/C23H22N4O2/c1-15(2)22-16(13-24)6-5-7-19(22)23(28)26-18-10-9-17-14-25-27(20(17)12-18)21-8-3-4-11-29-21/h5-7,9-10,12,14,21H,1,3-4,8,11H2,2H3,(H,26,28). The molecule has 1 aliphatic rings. The molecule has 1 N–H and O–H groups in total. The molecule has 0 spiro atoms. The second-order valence-corrected chi connectivity index (χ2v) is 7.26. The molecule has 6 heteroatoms. The number of amides is 1. The van der Waals surface area contributed by atoms with Crippen molar-refractivity contribution in [3.05, 3.63) is 65.9 Å². The van der Waals surface area contributed by atoms with E-state index in [9.17, 15) is 10.1 Å². The molecule has 1 atom stereocenters. The molecule has 1 amide bonds. The minimum Gasteiger partial charge on any atom is -0.356 e. The van der Waals surface area contributed by atoms with Crippen LogP contribution in [0, 0.1) is 11.3 Å². The molecular weight excluding hydrogens is 364 g/mol. The van der Waals surface area contributed by atoms with Crippen molar-refractivity contribution in [2.24, 2.45) is 0 Å². The summed E-state index contributed by atoms with van der Waals surface area (Å²) in [7, 11) is 0. The number of hydrogen-bond acceptors (Lipinski definition) is 4. The monoisotopic (exact) mass is 386 g/mol. The molecule has 2 aromatic carbocycles. The highest BCUT2D eigenvalue weighted by Crippen LogP contribution is 2.28. The Labute approximate surface area is 169 Å². The number of allylic oxidation sites excluding steroid dienone is 1. The zero-order valence-electron chi connectivity index (χ0n) is 16.3. The van der Waals surface area contributed by atoms with Crippen LogP contribution < -0.4 is 5.32 Å². The van der Waals surface area contributed by atoms with Crippen molar-refractivity contribution in [3.63, 3.8) is 0 Å². The number of nitrogens with zero attached hydrogens (tertiary/aromatic N) is 3. The van der Waals surface area contributed by atoms with Crippen molar-refractivity contribution < 1.29 is 9.53 Å². The summed E-state index contributed by atoms with van der Waals surface area (Å²) in [6, 6.07) is 12.9. The molecule has 29 heavy (non-hydrogen) atoms. The summed E-state index contributed by atoms with van der Waals surface area (Å²) in [6.07, 6.45) is 4.85. The number of hydrogen-bond donors (Lipinski definition) is 1. The van der Waals surface area contributed by atoms with Crippen LogP contribution in [0.25, 0.3) is 16.5 Å². The van der Waals surface area contributed by atoms with Crippen LogP contribution in [0.4, 0.5) is 5.69 Å². The van der Waals surface area contributed by atoms with Crippen molar-refractivity contribution in [2.75, 3.05) is 11.9 Å². The fraction of sp³-hybridized carbons (Fsp3) is 0.261. The third kappa shape index (κ3) is 3.65. The van der Waals surface area contributed by atoms with E-state index in [1.54, 1.807) is 25.1 Å². The first-order chi connectivity index (χ1) is 14.1. The second kappa shape index (κ2) is 7.90. The molecule has 146 valence electrons. The third-order valence-electron chi connectivity index (χ3n) is 5.14. The lowest BCUT2D eigenvalue weighted by atomic mass is 9.96. The number of nitrogens with one attached hydrogen (secondary N) is 1. The molecule has 6 nitrogen and oxygen atoms in total. The predicted octanol–water partition coefficient (Wildman–Crippen LogP) is 4.89. The van der Waals surface area contributed by atoms with Gasteiger partial charge in [0, 0.05) is 28.8 Å². The molecular formula is C23H22N4O2. The lowest BCUT2D eigenvalue weighted by Gasteiger charge is -2.23. The van der Waals surface area contributed by atoms with Gasteiger partial charge in [-0.05, 0) is 62.1 Å². The van der Waals surface area contributed by atoms with Crippen molar-refractivity contribution >= 4 is 28.1 Å². The average Bonchev–Trinajstić information content (AvgIpc) is 3.17. The van der Waals surface area contributed by atoms with Crippen molar-refractivity contribution in [1.29, 1.82) is 5.26 Å². The highest BCUT2D eigenvalue weighted by Gasteiger charge is 2.20. The molecule has 1 fully saturated rings. The highest BCUT2D eigenvalue weighted by molar-refractivity contribution is 6.08. The molecule has 0 bridgehead atoms. The molecule has 3 aromatic rings. The number of benzene rings is 2. The number of rotatable bonds is 4. The quantitative estimate of drug-likeness (QED) is 0.692. The summed E-state index contributed by atoms with van der Waals surface area (Å²) in [5, 5.41) is 17.8. The van der Waals surface area contributed by atoms with Gasteiger partial charge in [-0.15, -0.1) is 0 Å². The number of fused-ring (bicyclic) bond motifs is 1. The molecule has 1 aliphatic heterocycles. The zero-order chi connectivity index (χ0) is 20.4. The van der Waals surface area contributed by atoms with Gasteiger partial charge < -0.3 is 10.1 Å². The summed E-state index contributed by atoms with van der Waals surface area (Å²) in [6.45, 7) is 6.46. The Morgan fingerprint density at radius 1 is 1.34 bits per heavy atom. The molecule has 0 saturated carbocycles. The van der Waals surface area contributed by atoms with E-state index in [0.29, 0.717) is 28.0 Å². The number of anilines is 1. The van der Waals surface area contributed by atoms with Crippen molar-refractivity contribution in [2.45, 2.75) is 32.4 Å². The maximum Gasteiger partial charge on any atom is 0.256 e. The van der Waals surface area contributed by atoms with Crippen LogP contribution in [0.15, 0.2) is 49.2 Å². The molecule has 2 heterocycles. The van der Waals surface area contributed by atoms with Crippen LogP contribution in [-0.4, -0.2) is 22.3 Å². The van der Waals surface area contributed by atoms with Crippen LogP contribution in [-0.2, 0) is 4.74 Å². The first kappa shape index (κ1) is 18.9. The van der Waals surface area contributed by atoms with Gasteiger partial charge in [0.05, 0.1) is 23.3 Å². The van der Waals surface area contributed by atoms with Gasteiger partial charge in [0.25, 0.3) is 5.91 Å². The van der Waals surface area contributed by atoms with E-state index in [1.165, 1.54) is 0 Å². The molecule has 1 aromatic heterocycles. The maximum atomic E-state index is 13.0. The van der Waals surface area contributed by atoms with E-state index in [4.69, 9.17) is 4.74 Å². The summed E-state index contributed by atoms with van der Waals surface area (Å²) in [5.41, 5.74) is 3.70. The average molecular weight is 386 g/mol. The Balaban J connectivity index is 1.66. The minimum absolute atomic E-state index is 0.0745. The van der Waals surface area contributed by atoms with Gasteiger partial charge in [-0.2, -0.15) is 10.4 Å². The number of carbonyl (C=O) groups is 1. The van der Waals surface area contributed by atoms with E-state index in [1.807, 2.05) is 29.1 Å². The lowest BCUT2D eigenvalue weighted by Crippen LogP contribution is -2.19. The van der Waals surface area contributed by atoms with Crippen LogP contribution in [0.1, 0.15) is 53.9 Å². The smallest absolute Gasteiger partial charge is 0.256 e. The van der Waals surface area contributed by atoms with Gasteiger partial charge in [0.1, 0.15) is 0 Å². The Bertz CT molecular complexity index is 1130. The van der Waals surface area contributed by atoms with E-state index in [2.05, 4.69) is 23.1 Å². The van der Waals surface area contributed by atoms with Crippen LogP contribution in [0.2, 0.25) is 0 Å². The van der Waals surface area contributed by atoms with Crippen molar-refractivity contribution in [1.82, 2.24) is 9.78 Å².